The van der Waals surface area contributed by atoms with Crippen molar-refractivity contribution in [1.29, 1.82) is 10.5 Å². The molecule has 2 aliphatic rings. The van der Waals surface area contributed by atoms with Gasteiger partial charge in [0.05, 0.1) is 34.5 Å². The lowest BCUT2D eigenvalue weighted by Crippen LogP contribution is -2.24. The minimum absolute atomic E-state index is 0.125. The van der Waals surface area contributed by atoms with Gasteiger partial charge in [0, 0.05) is 30.2 Å². The summed E-state index contributed by atoms with van der Waals surface area (Å²) in [5.41, 5.74) is 0.297. The SMILES string of the molecule is N#CCC[C@@]12CC[C@@](CCO)(O1)c1c2c(O)n(-c2ccc(C#N)c3ccccc23)c1O. The van der Waals surface area contributed by atoms with Gasteiger partial charge in [0.25, 0.3) is 0 Å². The molecule has 3 heterocycles. The highest BCUT2D eigenvalue weighted by Gasteiger charge is 2.63. The van der Waals surface area contributed by atoms with Gasteiger partial charge in [-0.3, -0.25) is 4.57 Å². The molecule has 0 spiro atoms. The van der Waals surface area contributed by atoms with E-state index in [0.29, 0.717) is 48.1 Å². The summed E-state index contributed by atoms with van der Waals surface area (Å²) in [6, 6.07) is 15.1. The highest BCUT2D eigenvalue weighted by atomic mass is 16.5. The van der Waals surface area contributed by atoms with Crippen LogP contribution in [0.25, 0.3) is 16.5 Å². The number of aliphatic hydroxyl groups is 1. The molecule has 2 aliphatic heterocycles. The van der Waals surface area contributed by atoms with E-state index in [2.05, 4.69) is 12.1 Å². The summed E-state index contributed by atoms with van der Waals surface area (Å²) in [6.45, 7) is -0.126. The fourth-order valence-corrected chi connectivity index (χ4v) is 5.49. The monoisotopic (exact) mass is 415 g/mol. The van der Waals surface area contributed by atoms with Crippen LogP contribution in [-0.4, -0.2) is 26.5 Å². The predicted octanol–water partition coefficient (Wildman–Crippen LogP) is 3.81. The first kappa shape index (κ1) is 19.4. The summed E-state index contributed by atoms with van der Waals surface area (Å²) in [6.07, 6.45) is 2.14. The molecule has 156 valence electrons. The minimum atomic E-state index is -0.894. The molecule has 0 aliphatic carbocycles. The van der Waals surface area contributed by atoms with E-state index in [1.165, 1.54) is 4.57 Å². The molecule has 1 fully saturated rings. The molecule has 1 aromatic heterocycles. The van der Waals surface area contributed by atoms with Gasteiger partial charge >= 0.3 is 0 Å². The summed E-state index contributed by atoms with van der Waals surface area (Å²) in [4.78, 5) is 0. The number of ether oxygens (including phenoxy) is 1. The molecule has 2 atom stereocenters. The topological polar surface area (TPSA) is 122 Å². The number of hydrogen-bond donors (Lipinski definition) is 3. The minimum Gasteiger partial charge on any atom is -0.494 e. The van der Waals surface area contributed by atoms with Crippen LogP contribution in [-0.2, 0) is 15.9 Å². The van der Waals surface area contributed by atoms with E-state index < -0.39 is 11.2 Å². The lowest BCUT2D eigenvalue weighted by Gasteiger charge is -2.26. The number of aromatic nitrogens is 1. The van der Waals surface area contributed by atoms with Gasteiger partial charge in [0.15, 0.2) is 0 Å². The second-order valence-electron chi connectivity index (χ2n) is 8.24. The van der Waals surface area contributed by atoms with Crippen LogP contribution in [0.15, 0.2) is 36.4 Å². The van der Waals surface area contributed by atoms with Crippen LogP contribution in [0.2, 0.25) is 0 Å². The molecule has 0 unspecified atom stereocenters. The maximum absolute atomic E-state index is 11.4. The highest BCUT2D eigenvalue weighted by Crippen LogP contribution is 2.67. The number of aromatic hydroxyl groups is 2. The third kappa shape index (κ3) is 2.45. The number of fused-ring (bicyclic) bond motifs is 6. The van der Waals surface area contributed by atoms with Crippen LogP contribution >= 0.6 is 0 Å². The molecule has 3 N–H and O–H groups in total. The van der Waals surface area contributed by atoms with Gasteiger partial charge in [-0.05, 0) is 31.4 Å². The average Bonchev–Trinajstić information content (AvgIpc) is 3.38. The lowest BCUT2D eigenvalue weighted by molar-refractivity contribution is -0.101. The van der Waals surface area contributed by atoms with E-state index in [-0.39, 0.29) is 24.8 Å². The van der Waals surface area contributed by atoms with Gasteiger partial charge in [-0.15, -0.1) is 0 Å². The molecule has 3 aromatic rings. The van der Waals surface area contributed by atoms with Gasteiger partial charge in [0.2, 0.25) is 11.8 Å². The summed E-state index contributed by atoms with van der Waals surface area (Å²) >= 11 is 0. The van der Waals surface area contributed by atoms with Crippen LogP contribution < -0.4 is 0 Å². The Morgan fingerprint density at radius 1 is 0.935 bits per heavy atom. The first-order chi connectivity index (χ1) is 15.0. The molecule has 0 saturated carbocycles. The first-order valence-corrected chi connectivity index (χ1v) is 10.3. The van der Waals surface area contributed by atoms with Crippen LogP contribution in [0.5, 0.6) is 11.8 Å². The Balaban J connectivity index is 1.80. The molecule has 7 nitrogen and oxygen atoms in total. The van der Waals surface area contributed by atoms with Crippen molar-refractivity contribution < 1.29 is 20.1 Å². The smallest absolute Gasteiger partial charge is 0.205 e. The Morgan fingerprint density at radius 3 is 2.19 bits per heavy atom. The first-order valence-electron chi connectivity index (χ1n) is 10.3. The molecular formula is C24H21N3O4. The Kier molecular flexibility index (Phi) is 4.23. The molecule has 0 radical (unpaired) electrons. The van der Waals surface area contributed by atoms with E-state index in [0.717, 1.165) is 10.8 Å². The van der Waals surface area contributed by atoms with E-state index in [1.807, 2.05) is 24.3 Å². The van der Waals surface area contributed by atoms with Gasteiger partial charge < -0.3 is 20.1 Å². The van der Waals surface area contributed by atoms with Gasteiger partial charge in [0.1, 0.15) is 11.2 Å². The van der Waals surface area contributed by atoms with Gasteiger partial charge in [-0.1, -0.05) is 24.3 Å². The Bertz CT molecular complexity index is 1300. The predicted molar refractivity (Wildman–Crippen MR) is 112 cm³/mol. The van der Waals surface area contributed by atoms with Crippen molar-refractivity contribution in [2.75, 3.05) is 6.61 Å². The Morgan fingerprint density at radius 2 is 1.58 bits per heavy atom. The average molecular weight is 415 g/mol. The van der Waals surface area contributed by atoms with Crippen LogP contribution in [0.4, 0.5) is 0 Å². The van der Waals surface area contributed by atoms with Crippen molar-refractivity contribution in [2.24, 2.45) is 0 Å². The summed E-state index contributed by atoms with van der Waals surface area (Å²) in [5.74, 6) is -0.255. The quantitative estimate of drug-likeness (QED) is 0.582. The number of hydrogen-bond acceptors (Lipinski definition) is 6. The fraction of sp³-hybridized carbons (Fsp3) is 0.333. The molecule has 0 amide bonds. The Labute approximate surface area is 179 Å². The number of nitriles is 2. The lowest BCUT2D eigenvalue weighted by atomic mass is 9.75. The van der Waals surface area contributed by atoms with Crippen molar-refractivity contribution in [1.82, 2.24) is 4.57 Å². The zero-order chi connectivity index (χ0) is 21.8. The van der Waals surface area contributed by atoms with E-state index in [9.17, 15) is 20.6 Å². The molecular weight excluding hydrogens is 394 g/mol. The number of aliphatic hydroxyl groups excluding tert-OH is 1. The molecule has 31 heavy (non-hydrogen) atoms. The highest BCUT2D eigenvalue weighted by molar-refractivity contribution is 5.95. The number of rotatable bonds is 5. The second-order valence-corrected chi connectivity index (χ2v) is 8.24. The molecule has 1 saturated heterocycles. The van der Waals surface area contributed by atoms with Gasteiger partial charge in [-0.2, -0.15) is 10.5 Å². The molecule has 7 heteroatoms. The zero-order valence-corrected chi connectivity index (χ0v) is 16.8. The fourth-order valence-electron chi connectivity index (χ4n) is 5.49. The van der Waals surface area contributed by atoms with Crippen LogP contribution in [0.1, 0.15) is 48.8 Å². The largest absolute Gasteiger partial charge is 0.494 e. The third-order valence-corrected chi connectivity index (χ3v) is 6.77. The van der Waals surface area contributed by atoms with Crippen molar-refractivity contribution in [3.05, 3.63) is 53.1 Å². The van der Waals surface area contributed by atoms with E-state index in [4.69, 9.17) is 10.00 Å². The van der Waals surface area contributed by atoms with Crippen molar-refractivity contribution in [2.45, 2.75) is 43.3 Å². The van der Waals surface area contributed by atoms with Gasteiger partial charge in [-0.25, -0.2) is 0 Å². The standard InChI is InChI=1S/C24H21N3O4/c25-12-3-8-23-9-10-24(31-23,11-13-28)20-19(23)21(29)27(22(20)30)18-7-6-15(14-26)16-4-1-2-5-17(16)18/h1-2,4-7,28-30H,3,8-11,13H2/t23-,24-/m0/s1. The van der Waals surface area contributed by atoms with Crippen molar-refractivity contribution in [3.63, 3.8) is 0 Å². The molecule has 2 aromatic carbocycles. The third-order valence-electron chi connectivity index (χ3n) is 6.77. The van der Waals surface area contributed by atoms with Crippen LogP contribution in [0.3, 0.4) is 0 Å². The van der Waals surface area contributed by atoms with E-state index >= 15 is 0 Å². The summed E-state index contributed by atoms with van der Waals surface area (Å²) in [7, 11) is 0. The normalized spacial score (nSPS) is 23.6. The van der Waals surface area contributed by atoms with E-state index in [1.54, 1.807) is 12.1 Å². The zero-order valence-electron chi connectivity index (χ0n) is 16.8. The number of nitrogens with zero attached hydrogens (tertiary/aromatic N) is 3. The Hall–Kier alpha value is -3.52. The molecule has 2 bridgehead atoms. The second kappa shape index (κ2) is 6.75. The number of benzene rings is 2. The van der Waals surface area contributed by atoms with Crippen LogP contribution in [0, 0.1) is 22.7 Å². The van der Waals surface area contributed by atoms with Crippen molar-refractivity contribution in [3.8, 4) is 29.6 Å². The maximum atomic E-state index is 11.4. The summed E-state index contributed by atoms with van der Waals surface area (Å²) < 4.78 is 7.79. The van der Waals surface area contributed by atoms with Crippen molar-refractivity contribution >= 4 is 10.8 Å². The summed E-state index contributed by atoms with van der Waals surface area (Å²) in [5, 5.41) is 52.4. The molecule has 5 rings (SSSR count). The maximum Gasteiger partial charge on any atom is 0.205 e.